The molecule has 0 aliphatic carbocycles. The fourth-order valence-electron chi connectivity index (χ4n) is 2.47. The third-order valence-corrected chi connectivity index (χ3v) is 4.82. The van der Waals surface area contributed by atoms with Crippen LogP contribution in [-0.2, 0) is 9.59 Å². The monoisotopic (exact) mass is 452 g/mol. The lowest BCUT2D eigenvalue weighted by Crippen LogP contribution is -2.60. The van der Waals surface area contributed by atoms with Crippen LogP contribution in [0.4, 0.5) is 26.3 Å². The summed E-state index contributed by atoms with van der Waals surface area (Å²) in [5.41, 5.74) is 0. The molecule has 4 rings (SSSR count). The van der Waals surface area contributed by atoms with Crippen molar-refractivity contribution in [3.63, 3.8) is 0 Å². The number of aliphatic carboxylic acids is 2. The number of halogens is 6. The Morgan fingerprint density at radius 3 is 0.933 bits per heavy atom. The first-order chi connectivity index (χ1) is 13.8. The average Bonchev–Trinajstić information content (AvgIpc) is 2.42. The van der Waals surface area contributed by atoms with Crippen LogP contribution in [0.3, 0.4) is 0 Å². The molecule has 8 nitrogen and oxygen atoms in total. The first-order valence-corrected chi connectivity index (χ1v) is 9.32. The molecule has 4 fully saturated rings. The van der Waals surface area contributed by atoms with E-state index >= 15 is 0 Å². The molecule has 4 heterocycles. The summed E-state index contributed by atoms with van der Waals surface area (Å²) in [6, 6.07) is 1.81. The van der Waals surface area contributed by atoms with E-state index in [-0.39, 0.29) is 0 Å². The minimum Gasteiger partial charge on any atom is -0.475 e. The molecule has 14 heteroatoms. The van der Waals surface area contributed by atoms with Gasteiger partial charge in [-0.05, 0) is 39.0 Å². The van der Waals surface area contributed by atoms with Crippen LogP contribution < -0.4 is 10.6 Å². The van der Waals surface area contributed by atoms with E-state index in [0.29, 0.717) is 0 Å². The van der Waals surface area contributed by atoms with Crippen LogP contribution in [-0.4, -0.2) is 109 Å². The minimum absolute atomic E-state index is 0.906. The van der Waals surface area contributed by atoms with E-state index in [4.69, 9.17) is 19.8 Å². The first kappa shape index (κ1) is 26.4. The highest BCUT2D eigenvalue weighted by atomic mass is 19.4. The first-order valence-electron chi connectivity index (χ1n) is 9.32. The average molecular weight is 452 g/mol. The zero-order chi connectivity index (χ0) is 22.9. The Bertz CT molecular complexity index is 473. The highest BCUT2D eigenvalue weighted by Crippen LogP contribution is 2.15. The van der Waals surface area contributed by atoms with Crippen molar-refractivity contribution in [2.24, 2.45) is 0 Å². The van der Waals surface area contributed by atoms with Crippen LogP contribution in [0.2, 0.25) is 0 Å². The van der Waals surface area contributed by atoms with E-state index < -0.39 is 24.3 Å². The quantitative estimate of drug-likeness (QED) is 0.452. The normalized spacial score (nSPS) is 22.1. The molecule has 0 aromatic heterocycles. The lowest BCUT2D eigenvalue weighted by atomic mass is 10.1. The molecule has 30 heavy (non-hydrogen) atoms. The van der Waals surface area contributed by atoms with Gasteiger partial charge >= 0.3 is 24.3 Å². The summed E-state index contributed by atoms with van der Waals surface area (Å²) in [7, 11) is 0. The van der Waals surface area contributed by atoms with Gasteiger partial charge < -0.3 is 20.8 Å². The van der Waals surface area contributed by atoms with Crippen LogP contribution in [0.15, 0.2) is 0 Å². The third-order valence-electron chi connectivity index (χ3n) is 4.82. The summed E-state index contributed by atoms with van der Waals surface area (Å²) in [6.07, 6.45) is -7.31. The molecule has 0 aromatic rings. The van der Waals surface area contributed by atoms with Crippen LogP contribution in [0, 0.1) is 0 Å². The summed E-state index contributed by atoms with van der Waals surface area (Å²) in [5.74, 6) is -5.51. The maximum absolute atomic E-state index is 10.6. The largest absolute Gasteiger partial charge is 0.490 e. The second-order valence-corrected chi connectivity index (χ2v) is 7.01. The van der Waals surface area contributed by atoms with Gasteiger partial charge in [0, 0.05) is 38.3 Å². The summed E-state index contributed by atoms with van der Waals surface area (Å²) >= 11 is 0. The van der Waals surface area contributed by atoms with Crippen molar-refractivity contribution >= 4 is 11.9 Å². The van der Waals surface area contributed by atoms with Crippen molar-refractivity contribution in [1.82, 2.24) is 20.4 Å². The SMILES string of the molecule is C1CN(C2CNC2)C1.C1CN(C2CNC2)C1.O=C(O)C(F)(F)F.O=C(O)C(F)(F)F. The van der Waals surface area contributed by atoms with Gasteiger partial charge in [-0.2, -0.15) is 26.3 Å². The van der Waals surface area contributed by atoms with Gasteiger partial charge in [-0.1, -0.05) is 0 Å². The van der Waals surface area contributed by atoms with Crippen molar-refractivity contribution in [1.29, 1.82) is 0 Å². The summed E-state index contributed by atoms with van der Waals surface area (Å²) in [6.45, 7) is 10.4. The second kappa shape index (κ2) is 11.7. The molecular formula is C16H26F6N4O4. The zero-order valence-electron chi connectivity index (χ0n) is 16.1. The number of carbonyl (C=O) groups is 2. The number of alkyl halides is 6. The molecule has 4 N–H and O–H groups in total. The Morgan fingerprint density at radius 2 is 0.900 bits per heavy atom. The van der Waals surface area contributed by atoms with Crippen LogP contribution in [0.25, 0.3) is 0 Å². The molecule has 0 unspecified atom stereocenters. The predicted octanol–water partition coefficient (Wildman–Crippen LogP) is 0.594. The summed E-state index contributed by atoms with van der Waals surface area (Å²) in [4.78, 5) is 22.9. The number of likely N-dealkylation sites (tertiary alicyclic amines) is 2. The van der Waals surface area contributed by atoms with Gasteiger partial charge in [0.1, 0.15) is 0 Å². The standard InChI is InChI=1S/2C6H12N2.2C2HF3O2/c2*1-2-8(3-1)6-4-7-5-6;2*3-2(4,5)1(6)7/h2*6-7H,1-5H2;2*(H,6,7). The lowest BCUT2D eigenvalue weighted by molar-refractivity contribution is -0.193. The number of nitrogens with zero attached hydrogens (tertiary/aromatic N) is 2. The van der Waals surface area contributed by atoms with Crippen molar-refractivity contribution in [3.8, 4) is 0 Å². The topological polar surface area (TPSA) is 105 Å². The van der Waals surface area contributed by atoms with Crippen molar-refractivity contribution in [3.05, 3.63) is 0 Å². The Hall–Kier alpha value is -1.64. The smallest absolute Gasteiger partial charge is 0.475 e. The number of hydrogen-bond donors (Lipinski definition) is 4. The van der Waals surface area contributed by atoms with Gasteiger partial charge in [0.15, 0.2) is 0 Å². The van der Waals surface area contributed by atoms with E-state index in [1.165, 1.54) is 65.2 Å². The molecule has 0 bridgehead atoms. The van der Waals surface area contributed by atoms with Crippen molar-refractivity contribution in [2.45, 2.75) is 37.3 Å². The Morgan fingerprint density at radius 1 is 0.667 bits per heavy atom. The number of nitrogens with one attached hydrogen (secondary N) is 2. The van der Waals surface area contributed by atoms with E-state index in [9.17, 15) is 26.3 Å². The molecule has 0 amide bonds. The second-order valence-electron chi connectivity index (χ2n) is 7.01. The molecule has 0 aromatic carbocycles. The van der Waals surface area contributed by atoms with Gasteiger partial charge in [-0.25, -0.2) is 9.59 Å². The van der Waals surface area contributed by atoms with Crippen molar-refractivity contribution in [2.75, 3.05) is 52.4 Å². The van der Waals surface area contributed by atoms with E-state index in [2.05, 4.69) is 20.4 Å². The molecule has 0 spiro atoms. The molecule has 0 saturated carbocycles. The third kappa shape index (κ3) is 9.45. The van der Waals surface area contributed by atoms with Crippen molar-refractivity contribution < 1.29 is 46.1 Å². The molecular weight excluding hydrogens is 426 g/mol. The number of carboxylic acids is 2. The Balaban J connectivity index is 0.000000201. The molecule has 4 aliphatic rings. The van der Waals surface area contributed by atoms with Gasteiger partial charge in [0.2, 0.25) is 0 Å². The van der Waals surface area contributed by atoms with E-state index in [1.54, 1.807) is 0 Å². The van der Waals surface area contributed by atoms with Gasteiger partial charge in [-0.3, -0.25) is 9.80 Å². The van der Waals surface area contributed by atoms with Crippen LogP contribution in [0.5, 0.6) is 0 Å². The van der Waals surface area contributed by atoms with Gasteiger partial charge in [0.25, 0.3) is 0 Å². The lowest BCUT2D eigenvalue weighted by Gasteiger charge is -2.43. The maximum atomic E-state index is 10.6. The van der Waals surface area contributed by atoms with Gasteiger partial charge in [0.05, 0.1) is 0 Å². The number of rotatable bonds is 2. The number of carboxylic acid groups (broad SMARTS) is 2. The van der Waals surface area contributed by atoms with Crippen LogP contribution >= 0.6 is 0 Å². The van der Waals surface area contributed by atoms with Gasteiger partial charge in [-0.15, -0.1) is 0 Å². The van der Waals surface area contributed by atoms with Crippen LogP contribution in [0.1, 0.15) is 12.8 Å². The Kier molecular flexibility index (Phi) is 10.3. The molecule has 176 valence electrons. The highest BCUT2D eigenvalue weighted by Gasteiger charge is 2.38. The maximum Gasteiger partial charge on any atom is 0.490 e. The molecule has 0 atom stereocenters. The van der Waals surface area contributed by atoms with E-state index in [1.807, 2.05) is 0 Å². The molecule has 4 saturated heterocycles. The number of hydrogen-bond acceptors (Lipinski definition) is 6. The molecule has 4 aliphatic heterocycles. The fraction of sp³-hybridized carbons (Fsp3) is 0.875. The molecule has 0 radical (unpaired) electrons. The fourth-order valence-corrected chi connectivity index (χ4v) is 2.47. The van der Waals surface area contributed by atoms with E-state index in [0.717, 1.165) is 12.1 Å². The zero-order valence-corrected chi connectivity index (χ0v) is 16.1. The predicted molar refractivity (Wildman–Crippen MR) is 93.1 cm³/mol. The summed E-state index contributed by atoms with van der Waals surface area (Å²) < 4.78 is 63.5. The Labute approximate surface area is 169 Å². The highest BCUT2D eigenvalue weighted by molar-refractivity contribution is 5.73. The summed E-state index contributed by atoms with van der Waals surface area (Å²) in [5, 5.41) is 20.8. The minimum atomic E-state index is -5.08.